The Balaban J connectivity index is 0.000000210. The molecule has 13 aliphatic rings. The number of ether oxygens (including phenoxy) is 1. The van der Waals surface area contributed by atoms with E-state index >= 15 is 0 Å². The Kier molecular flexibility index (Phi) is 36.9. The van der Waals surface area contributed by atoms with Crippen LogP contribution >= 0.6 is 46.4 Å². The third-order valence-corrected chi connectivity index (χ3v) is 31.5. The average Bonchev–Trinajstić information content (AvgIpc) is 1.53. The number of allylic oxidation sites excluding steroid dienone is 3. The highest BCUT2D eigenvalue weighted by Crippen LogP contribution is 2.68. The van der Waals surface area contributed by atoms with Gasteiger partial charge in [-0.25, -0.2) is 14.4 Å². The summed E-state index contributed by atoms with van der Waals surface area (Å²) in [5.41, 5.74) is -2.05. The predicted octanol–water partition coefficient (Wildman–Crippen LogP) is 10.5. The number of alkyl halides is 4. The summed E-state index contributed by atoms with van der Waals surface area (Å²) in [6, 6.07) is -9.59. The second-order valence-corrected chi connectivity index (χ2v) is 46.4. The molecule has 13 rings (SSSR count). The molecule has 10 saturated carbocycles. The molecule has 4 bridgehead atoms. The van der Waals surface area contributed by atoms with Gasteiger partial charge in [-0.2, -0.15) is 0 Å². The molecule has 0 aromatic rings. The lowest BCUT2D eigenvalue weighted by Gasteiger charge is -2.56. The number of ketones is 3. The second kappa shape index (κ2) is 46.0. The van der Waals surface area contributed by atoms with E-state index in [1.807, 2.05) is 41.5 Å². The molecule has 0 aromatic carbocycles. The molecule has 15 amide bonds. The molecule has 12 N–H and O–H groups in total. The molecule has 3 saturated heterocycles. The van der Waals surface area contributed by atoms with E-state index in [-0.39, 0.29) is 135 Å². The van der Waals surface area contributed by atoms with Crippen LogP contribution in [0.4, 0.5) is 14.4 Å². The Morgan fingerprint density at radius 1 is 0.415 bits per heavy atom. The number of rotatable bonds is 38. The van der Waals surface area contributed by atoms with Gasteiger partial charge in [-0.05, 0) is 231 Å². The van der Waals surface area contributed by atoms with Gasteiger partial charge in [0.2, 0.25) is 58.7 Å². The number of urea groups is 2. The number of hydrogen-bond donors (Lipinski definition) is 12. The number of alkyl carbamates (subject to hydrolysis) is 1. The molecule has 32 nitrogen and oxygen atoms in total. The third-order valence-electron chi connectivity index (χ3n) is 29.4. The van der Waals surface area contributed by atoms with Gasteiger partial charge in [-0.1, -0.05) is 102 Å². The Labute approximate surface area is 816 Å². The summed E-state index contributed by atoms with van der Waals surface area (Å²) in [6.45, 7) is 39.4. The molecule has 750 valence electrons. The van der Waals surface area contributed by atoms with E-state index in [1.165, 1.54) is 41.2 Å². The van der Waals surface area contributed by atoms with Crippen molar-refractivity contribution in [2.24, 2.45) is 76.4 Å². The molecule has 3 unspecified atom stereocenters. The van der Waals surface area contributed by atoms with Crippen LogP contribution in [0, 0.1) is 76.4 Å². The summed E-state index contributed by atoms with van der Waals surface area (Å²) in [5.74, 6) is -8.02. The van der Waals surface area contributed by atoms with Crippen LogP contribution in [-0.2, 0) is 67.1 Å². The minimum absolute atomic E-state index is 0.00230. The standard InChI is InChI=1S/C37H55N5O5.C33H51Cl2N5O7.C29H43Cl2N5O5/c1-5-7-13-27(31(43)33(45)38-14-6-2)39-32(44)30-28-26(36(28,3)4)21-42(30)34(46)29(25-11-9-8-10-12-25)40-35(47)41-37-18-22-15-23(19-37)17-24(16-22)20-37;1-8-9-15-21(26(42)28(44)36-17-16-22(41)39-31(2,3)4)37-27(43)25-23-20(33(23,34)35)18-40(25)29(45)24(19-13-11-10-12-14-19)38-30(46)47-32(5,6)7;1-6-8-14-19(23(37)25(39)32-15-7-2)33-24(38)22-20-18(29(20,30)31)16-36(22)26(40)21(17-12-10-9-11-13-17)34-27(41)35-28(3,4)5/h5-6,22-30H,1-2,7-21H2,3-4H3,(H,38,45)(H,39,44)(H2,40,41,47);8,19-21,23-25H,1,9-18H2,2-7H3,(H,36,44)(H,37,43)(H,38,46)(H,39,41);6-7,17-22H,1-2,8-16H2,3-5H3,(H,32,39)(H,33,38)(H2,34,35,41)/t22?,23?,24?,26-,27?,28-,29-,30-,37?;20-,21?,23-,24-,25-;18-,19?,20-,21-,22-/m000/s1. The van der Waals surface area contributed by atoms with Crippen molar-refractivity contribution in [1.82, 2.24) is 78.5 Å². The van der Waals surface area contributed by atoms with Crippen LogP contribution in [0.5, 0.6) is 0 Å². The molecule has 0 aromatic heterocycles. The first-order valence-electron chi connectivity index (χ1n) is 49.0. The number of Topliss-reactive ketones (excluding diaryl/α,β-unsaturated/α-hetero) is 3. The number of carbonyl (C=O) groups excluding carboxylic acids is 16. The third kappa shape index (κ3) is 27.7. The quantitative estimate of drug-likeness (QED) is 0.0155. The number of piperidine rings is 3. The number of likely N-dealkylation sites (tertiary alicyclic amines) is 3. The largest absolute Gasteiger partial charge is 0.444 e. The average molecular weight is 1960 g/mol. The zero-order valence-corrected chi connectivity index (χ0v) is 83.9. The van der Waals surface area contributed by atoms with Crippen LogP contribution in [0.1, 0.15) is 256 Å². The van der Waals surface area contributed by atoms with Gasteiger partial charge in [-0.15, -0.1) is 79.3 Å². The number of amides is 15. The first kappa shape index (κ1) is 108. The first-order valence-corrected chi connectivity index (χ1v) is 50.5. The second-order valence-electron chi connectivity index (χ2n) is 43.5. The minimum Gasteiger partial charge on any atom is -0.444 e. The first-order chi connectivity index (χ1) is 63.4. The van der Waals surface area contributed by atoms with Crippen LogP contribution in [0.3, 0.4) is 0 Å². The topological polar surface area (TPSA) is 436 Å². The summed E-state index contributed by atoms with van der Waals surface area (Å²) in [5, 5.41) is 33.5. The van der Waals surface area contributed by atoms with E-state index in [0.29, 0.717) is 43.6 Å². The number of carbonyl (C=O) groups is 16. The molecule has 0 radical (unpaired) electrons. The highest BCUT2D eigenvalue weighted by Gasteiger charge is 2.76. The van der Waals surface area contributed by atoms with E-state index in [0.717, 1.165) is 116 Å². The van der Waals surface area contributed by atoms with Crippen LogP contribution in [0.15, 0.2) is 63.3 Å². The van der Waals surface area contributed by atoms with Gasteiger partial charge in [0, 0.05) is 86.0 Å². The van der Waals surface area contributed by atoms with E-state index in [4.69, 9.17) is 51.1 Å². The maximum Gasteiger partial charge on any atom is 0.408 e. The Bertz CT molecular complexity index is 4390. The number of halogens is 4. The fraction of sp³-hybridized carbons (Fsp3) is 0.737. The van der Waals surface area contributed by atoms with Crippen molar-refractivity contribution in [3.8, 4) is 0 Å². The lowest BCUT2D eigenvalue weighted by atomic mass is 9.53. The highest BCUT2D eigenvalue weighted by molar-refractivity contribution is 6.52. The van der Waals surface area contributed by atoms with E-state index in [1.54, 1.807) is 43.9 Å². The van der Waals surface area contributed by atoms with E-state index in [9.17, 15) is 76.7 Å². The maximum absolute atomic E-state index is 14.6. The van der Waals surface area contributed by atoms with Gasteiger partial charge in [0.15, 0.2) is 0 Å². The van der Waals surface area contributed by atoms with Crippen LogP contribution in [-0.4, -0.2) is 234 Å². The van der Waals surface area contributed by atoms with Crippen LogP contribution in [0.25, 0.3) is 0 Å². The Morgan fingerprint density at radius 3 is 1.09 bits per heavy atom. The van der Waals surface area contributed by atoms with Crippen LogP contribution in [0.2, 0.25) is 0 Å². The molecule has 10 aliphatic carbocycles. The van der Waals surface area contributed by atoms with Crippen molar-refractivity contribution >= 4 is 141 Å². The number of hydrogen-bond acceptors (Lipinski definition) is 17. The summed E-state index contributed by atoms with van der Waals surface area (Å²) < 4.78 is 3.02. The van der Waals surface area contributed by atoms with Crippen molar-refractivity contribution in [1.29, 1.82) is 0 Å². The monoisotopic (exact) mass is 1960 g/mol. The molecule has 36 heteroatoms. The van der Waals surface area contributed by atoms with Gasteiger partial charge in [0.1, 0.15) is 50.5 Å². The van der Waals surface area contributed by atoms with Gasteiger partial charge >= 0.3 is 18.2 Å². The zero-order valence-electron chi connectivity index (χ0n) is 80.9. The fourth-order valence-corrected chi connectivity index (χ4v) is 24.7. The van der Waals surface area contributed by atoms with Crippen molar-refractivity contribution in [3.63, 3.8) is 0 Å². The summed E-state index contributed by atoms with van der Waals surface area (Å²) >= 11 is 26.1. The molecule has 3 aliphatic heterocycles. The van der Waals surface area contributed by atoms with Gasteiger partial charge in [0.05, 0.1) is 18.1 Å². The summed E-state index contributed by atoms with van der Waals surface area (Å²) in [6.07, 6.45) is 29.1. The van der Waals surface area contributed by atoms with Crippen molar-refractivity contribution < 1.29 is 81.4 Å². The molecule has 3 heterocycles. The summed E-state index contributed by atoms with van der Waals surface area (Å²) in [7, 11) is 0. The Morgan fingerprint density at radius 2 is 0.748 bits per heavy atom. The Hall–Kier alpha value is -8.62. The smallest absolute Gasteiger partial charge is 0.408 e. The van der Waals surface area contributed by atoms with Crippen molar-refractivity contribution in [2.45, 2.75) is 341 Å². The maximum atomic E-state index is 14.6. The van der Waals surface area contributed by atoms with E-state index < -0.39 is 162 Å². The molecule has 15 atom stereocenters. The zero-order chi connectivity index (χ0) is 99.4. The number of fused-ring (bicyclic) bond motifs is 3. The molecular formula is C99H149Cl4N15O17. The lowest BCUT2D eigenvalue weighted by molar-refractivity contribution is -0.144. The molecular weight excluding hydrogens is 1810 g/mol. The lowest BCUT2D eigenvalue weighted by Crippen LogP contribution is -2.64. The van der Waals surface area contributed by atoms with Crippen molar-refractivity contribution in [2.75, 3.05) is 39.3 Å². The predicted molar refractivity (Wildman–Crippen MR) is 516 cm³/mol. The highest BCUT2D eigenvalue weighted by atomic mass is 35.5. The minimum atomic E-state index is -1.25. The van der Waals surface area contributed by atoms with Gasteiger partial charge in [0.25, 0.3) is 17.7 Å². The SMILES string of the molecule is C=CCCC(NC(=O)[C@@H]1[C@@H]2[C@H](CN1C(=O)[C@@H](NC(=O)NC(C)(C)C)C1CCCCC1)C2(Cl)Cl)C(=O)C(=O)NCC=C.C=CCCC(NC(=O)[C@@H]1[C@@H]2[C@H](CN1C(=O)[C@@H](NC(=O)NC13CC4CC(CC(C4)C1)C3)C1CCCCC1)C2(C)C)C(=O)C(=O)NCC=C.C=CCCC(NC(=O)[C@@H]1[C@@H]2[C@H](CN1C(=O)[C@@H](NC(=O)OC(C)(C)C)C1CCCCC1)C2(Cl)Cl)C(=O)C(=O)NCCC(=O)NC(C)(C)C. The normalized spacial score (nSPS) is 27.6. The van der Waals surface area contributed by atoms with Crippen LogP contribution < -0.4 is 63.8 Å². The van der Waals surface area contributed by atoms with Crippen molar-refractivity contribution in [3.05, 3.63) is 63.3 Å². The fourth-order valence-electron chi connectivity index (χ4n) is 23.1. The number of nitrogens with one attached hydrogen (secondary N) is 12. The molecule has 0 spiro atoms. The van der Waals surface area contributed by atoms with E-state index in [2.05, 4.69) is 111 Å². The molecule has 135 heavy (non-hydrogen) atoms. The van der Waals surface area contributed by atoms with Gasteiger partial charge < -0.3 is 83.2 Å². The number of nitrogens with zero attached hydrogens (tertiary/aromatic N) is 3. The molecule has 13 fully saturated rings. The van der Waals surface area contributed by atoms with Gasteiger partial charge in [-0.3, -0.25) is 62.3 Å². The summed E-state index contributed by atoms with van der Waals surface area (Å²) in [4.78, 5) is 218.